The van der Waals surface area contributed by atoms with Crippen LogP contribution in [0.25, 0.3) is 0 Å². The van der Waals surface area contributed by atoms with E-state index >= 15 is 0 Å². The zero-order valence-corrected chi connectivity index (χ0v) is 16.0. The summed E-state index contributed by atoms with van der Waals surface area (Å²) in [6.45, 7) is 17.4. The van der Waals surface area contributed by atoms with E-state index in [1.807, 2.05) is 13.8 Å². The molecule has 0 aromatic rings. The minimum Gasteiger partial charge on any atom is -0.302 e. The Morgan fingerprint density at radius 2 is 1.14 bits per heavy atom. The van der Waals surface area contributed by atoms with Crippen LogP contribution < -0.4 is 0 Å². The molecule has 1 N–H and O–H groups in total. The van der Waals surface area contributed by atoms with Crippen molar-refractivity contribution in [2.24, 2.45) is 22.7 Å². The van der Waals surface area contributed by atoms with Crippen LogP contribution in [0.5, 0.6) is 0 Å². The van der Waals surface area contributed by atoms with Crippen molar-refractivity contribution >= 4 is 7.82 Å². The normalized spacial score (nSPS) is 19.1. The van der Waals surface area contributed by atoms with Gasteiger partial charge in [-0.1, -0.05) is 55.4 Å². The summed E-state index contributed by atoms with van der Waals surface area (Å²) in [5.41, 5.74) is 0.370. The number of hydrogen-bond acceptors (Lipinski definition) is 3. The number of phosphoric acid groups is 1. The lowest BCUT2D eigenvalue weighted by Crippen LogP contribution is -2.17. The first kappa shape index (κ1) is 21.1. The summed E-state index contributed by atoms with van der Waals surface area (Å²) in [6, 6.07) is 0. The highest BCUT2D eigenvalue weighted by molar-refractivity contribution is 7.47. The highest BCUT2D eigenvalue weighted by atomic mass is 31.2. The molecular formula is C16H35O4P. The first-order chi connectivity index (χ1) is 9.20. The van der Waals surface area contributed by atoms with Gasteiger partial charge in [-0.05, 0) is 35.5 Å². The maximum Gasteiger partial charge on any atom is 0.472 e. The van der Waals surface area contributed by atoms with Gasteiger partial charge in [-0.25, -0.2) is 4.57 Å². The van der Waals surface area contributed by atoms with Gasteiger partial charge < -0.3 is 4.89 Å². The molecule has 128 valence electrons. The maximum absolute atomic E-state index is 11.9. The summed E-state index contributed by atoms with van der Waals surface area (Å²) in [7, 11) is -3.93. The van der Waals surface area contributed by atoms with Gasteiger partial charge >= 0.3 is 7.82 Å². The molecular weight excluding hydrogens is 287 g/mol. The fourth-order valence-corrected chi connectivity index (χ4v) is 3.65. The molecule has 0 saturated heterocycles. The molecule has 0 aliphatic rings. The minimum absolute atomic E-state index is 0.185. The van der Waals surface area contributed by atoms with Crippen LogP contribution in [0.4, 0.5) is 0 Å². The van der Waals surface area contributed by atoms with Crippen LogP contribution in [-0.2, 0) is 13.6 Å². The molecule has 0 aromatic carbocycles. The molecule has 2 unspecified atom stereocenters. The highest BCUT2D eigenvalue weighted by Gasteiger charge is 2.25. The Balaban J connectivity index is 4.12. The fraction of sp³-hybridized carbons (Fsp3) is 1.00. The standard InChI is InChI=1S/C16H35O4P/c1-13(9-15(3,4)5)11-19-21(17,18)20-12-14(2)10-16(6,7)8/h13-14H,9-12H2,1-8H3,(H,17,18). The molecule has 0 fully saturated rings. The second-order valence-corrected chi connectivity index (χ2v) is 10.3. The lowest BCUT2D eigenvalue weighted by atomic mass is 9.86. The van der Waals surface area contributed by atoms with Crippen LogP contribution in [0, 0.1) is 22.7 Å². The molecule has 0 aromatic heterocycles. The summed E-state index contributed by atoms with van der Waals surface area (Å²) >= 11 is 0. The highest BCUT2D eigenvalue weighted by Crippen LogP contribution is 2.45. The van der Waals surface area contributed by atoms with Crippen molar-refractivity contribution in [1.82, 2.24) is 0 Å². The summed E-state index contributed by atoms with van der Waals surface area (Å²) in [5, 5.41) is 0. The van der Waals surface area contributed by atoms with Gasteiger partial charge in [0.2, 0.25) is 0 Å². The Bertz CT molecular complexity index is 311. The van der Waals surface area contributed by atoms with Gasteiger partial charge in [0, 0.05) is 0 Å². The molecule has 0 radical (unpaired) electrons. The van der Waals surface area contributed by atoms with E-state index in [2.05, 4.69) is 41.5 Å². The maximum atomic E-state index is 11.9. The average molecular weight is 322 g/mol. The van der Waals surface area contributed by atoms with E-state index in [4.69, 9.17) is 9.05 Å². The van der Waals surface area contributed by atoms with Crippen LogP contribution in [-0.4, -0.2) is 18.1 Å². The lowest BCUT2D eigenvalue weighted by molar-refractivity contribution is 0.105. The van der Waals surface area contributed by atoms with E-state index in [1.165, 1.54) is 0 Å². The van der Waals surface area contributed by atoms with Crippen LogP contribution in [0.3, 0.4) is 0 Å². The third-order valence-electron chi connectivity index (χ3n) is 2.97. The zero-order valence-electron chi connectivity index (χ0n) is 15.1. The van der Waals surface area contributed by atoms with Gasteiger partial charge in [-0.15, -0.1) is 0 Å². The Hall–Kier alpha value is 0.110. The van der Waals surface area contributed by atoms with Gasteiger partial charge in [-0.2, -0.15) is 0 Å². The SMILES string of the molecule is CC(COP(=O)(O)OCC(C)CC(C)(C)C)CC(C)(C)C. The Morgan fingerprint density at radius 3 is 1.38 bits per heavy atom. The molecule has 0 aliphatic carbocycles. The monoisotopic (exact) mass is 322 g/mol. The van der Waals surface area contributed by atoms with Crippen LogP contribution >= 0.6 is 7.82 Å². The van der Waals surface area contributed by atoms with Gasteiger partial charge in [-0.3, -0.25) is 9.05 Å². The van der Waals surface area contributed by atoms with E-state index in [-0.39, 0.29) is 35.9 Å². The predicted molar refractivity (Wildman–Crippen MR) is 88.2 cm³/mol. The Kier molecular flexibility index (Phi) is 8.14. The van der Waals surface area contributed by atoms with Crippen LogP contribution in [0.15, 0.2) is 0 Å². The predicted octanol–water partition coefficient (Wildman–Crippen LogP) is 5.26. The van der Waals surface area contributed by atoms with Crippen molar-refractivity contribution < 1.29 is 18.5 Å². The summed E-state index contributed by atoms with van der Waals surface area (Å²) < 4.78 is 22.1. The van der Waals surface area contributed by atoms with E-state index in [0.29, 0.717) is 0 Å². The van der Waals surface area contributed by atoms with E-state index < -0.39 is 7.82 Å². The molecule has 0 heterocycles. The van der Waals surface area contributed by atoms with Crippen molar-refractivity contribution in [3.8, 4) is 0 Å². The smallest absolute Gasteiger partial charge is 0.302 e. The molecule has 0 bridgehead atoms. The van der Waals surface area contributed by atoms with Crippen molar-refractivity contribution in [2.75, 3.05) is 13.2 Å². The largest absolute Gasteiger partial charge is 0.472 e. The molecule has 5 heteroatoms. The van der Waals surface area contributed by atoms with Gasteiger partial charge in [0.25, 0.3) is 0 Å². The van der Waals surface area contributed by atoms with Gasteiger partial charge in [0.15, 0.2) is 0 Å². The van der Waals surface area contributed by atoms with Gasteiger partial charge in [0.05, 0.1) is 13.2 Å². The average Bonchev–Trinajstić information content (AvgIpc) is 2.19. The third kappa shape index (κ3) is 13.5. The second-order valence-electron chi connectivity index (χ2n) is 8.80. The lowest BCUT2D eigenvalue weighted by Gasteiger charge is -2.25. The third-order valence-corrected chi connectivity index (χ3v) is 3.92. The van der Waals surface area contributed by atoms with Crippen molar-refractivity contribution in [2.45, 2.75) is 68.2 Å². The van der Waals surface area contributed by atoms with E-state index in [9.17, 15) is 9.46 Å². The van der Waals surface area contributed by atoms with Crippen molar-refractivity contribution in [1.29, 1.82) is 0 Å². The van der Waals surface area contributed by atoms with Crippen LogP contribution in [0.2, 0.25) is 0 Å². The summed E-state index contributed by atoms with van der Waals surface area (Å²) in [5.74, 6) is 0.446. The fourth-order valence-electron chi connectivity index (χ4n) is 2.69. The number of phosphoric ester groups is 1. The second kappa shape index (κ2) is 8.10. The van der Waals surface area contributed by atoms with E-state index in [1.54, 1.807) is 0 Å². The van der Waals surface area contributed by atoms with Crippen LogP contribution in [0.1, 0.15) is 68.2 Å². The summed E-state index contributed by atoms with van der Waals surface area (Å²) in [6.07, 6.45) is 1.88. The topological polar surface area (TPSA) is 55.8 Å². The van der Waals surface area contributed by atoms with Crippen molar-refractivity contribution in [3.63, 3.8) is 0 Å². The number of rotatable bonds is 8. The first-order valence-electron chi connectivity index (χ1n) is 7.82. The minimum atomic E-state index is -3.93. The number of hydrogen-bond donors (Lipinski definition) is 1. The first-order valence-corrected chi connectivity index (χ1v) is 9.32. The Labute approximate surface area is 131 Å². The molecule has 2 atom stereocenters. The molecule has 0 aliphatic heterocycles. The molecule has 0 saturated carbocycles. The van der Waals surface area contributed by atoms with Crippen molar-refractivity contribution in [3.05, 3.63) is 0 Å². The summed E-state index contributed by atoms with van der Waals surface area (Å²) in [4.78, 5) is 9.72. The molecule has 0 rings (SSSR count). The molecule has 4 nitrogen and oxygen atoms in total. The molecule has 0 amide bonds. The van der Waals surface area contributed by atoms with E-state index in [0.717, 1.165) is 12.8 Å². The zero-order chi connectivity index (χ0) is 16.9. The van der Waals surface area contributed by atoms with Gasteiger partial charge in [0.1, 0.15) is 0 Å². The quantitative estimate of drug-likeness (QED) is 0.619. The Morgan fingerprint density at radius 1 is 0.857 bits per heavy atom. The molecule has 0 spiro atoms. The molecule has 21 heavy (non-hydrogen) atoms.